The third-order valence-corrected chi connectivity index (χ3v) is 4.00. The molecule has 0 bridgehead atoms. The maximum Gasteiger partial charge on any atom is 0.407 e. The van der Waals surface area contributed by atoms with Gasteiger partial charge in [-0.15, -0.1) is 0 Å². The molecular weight excluding hydrogens is 276 g/mol. The van der Waals surface area contributed by atoms with E-state index in [1.54, 1.807) is 0 Å². The summed E-state index contributed by atoms with van der Waals surface area (Å²) in [6.07, 6.45) is 1.59. The number of hydrogen-bond donors (Lipinski definition) is 2. The molecular formula is C18H28N2O2. The van der Waals surface area contributed by atoms with Crippen LogP contribution >= 0.6 is 0 Å². The van der Waals surface area contributed by atoms with Crippen LogP contribution in [0.3, 0.4) is 0 Å². The fourth-order valence-corrected chi connectivity index (χ4v) is 2.86. The van der Waals surface area contributed by atoms with Crippen molar-refractivity contribution < 1.29 is 9.53 Å². The van der Waals surface area contributed by atoms with E-state index in [0.717, 1.165) is 12.8 Å². The van der Waals surface area contributed by atoms with E-state index in [1.165, 1.54) is 11.1 Å². The standard InChI is InChI=1S/C18H28N2O2/c1-12-8-6-7-9-16(12)13(2)19-14-10-15(11-14)20-17(21)22-18(3,4)5/h6-9,13-15,19H,10-11H2,1-5H3,(H,20,21)/t13-,14?,15?/m1/s1. The first kappa shape index (κ1) is 16.8. The van der Waals surface area contributed by atoms with E-state index in [0.29, 0.717) is 12.1 Å². The van der Waals surface area contributed by atoms with Gasteiger partial charge in [0, 0.05) is 18.1 Å². The van der Waals surface area contributed by atoms with Crippen LogP contribution in [0.4, 0.5) is 4.79 Å². The summed E-state index contributed by atoms with van der Waals surface area (Å²) in [5.74, 6) is 0. The predicted octanol–water partition coefficient (Wildman–Crippen LogP) is 3.70. The highest BCUT2D eigenvalue weighted by Gasteiger charge is 2.32. The molecule has 1 aromatic rings. The van der Waals surface area contributed by atoms with Crippen molar-refractivity contribution in [3.8, 4) is 0 Å². The Labute approximate surface area is 133 Å². The van der Waals surface area contributed by atoms with Gasteiger partial charge in [-0.05, 0) is 58.6 Å². The van der Waals surface area contributed by atoms with Crippen molar-refractivity contribution in [1.82, 2.24) is 10.6 Å². The molecule has 0 aromatic heterocycles. The number of amides is 1. The van der Waals surface area contributed by atoms with Crippen LogP contribution in [0.5, 0.6) is 0 Å². The summed E-state index contributed by atoms with van der Waals surface area (Å²) >= 11 is 0. The second-order valence-electron chi connectivity index (χ2n) is 7.26. The van der Waals surface area contributed by atoms with Gasteiger partial charge in [0.2, 0.25) is 0 Å². The van der Waals surface area contributed by atoms with Gasteiger partial charge < -0.3 is 15.4 Å². The number of hydrogen-bond acceptors (Lipinski definition) is 3. The fourth-order valence-electron chi connectivity index (χ4n) is 2.86. The Morgan fingerprint density at radius 1 is 1.23 bits per heavy atom. The predicted molar refractivity (Wildman–Crippen MR) is 88.9 cm³/mol. The van der Waals surface area contributed by atoms with Gasteiger partial charge in [0.1, 0.15) is 5.60 Å². The Kier molecular flexibility index (Phi) is 5.12. The molecule has 0 unspecified atom stereocenters. The van der Waals surface area contributed by atoms with Crippen molar-refractivity contribution >= 4 is 6.09 Å². The molecule has 0 saturated heterocycles. The molecule has 0 spiro atoms. The number of carbonyl (C=O) groups is 1. The zero-order valence-corrected chi connectivity index (χ0v) is 14.3. The summed E-state index contributed by atoms with van der Waals surface area (Å²) in [6.45, 7) is 9.96. The van der Waals surface area contributed by atoms with Crippen LogP contribution in [0, 0.1) is 6.92 Å². The average Bonchev–Trinajstić information content (AvgIpc) is 2.34. The molecule has 1 amide bonds. The Morgan fingerprint density at radius 3 is 2.45 bits per heavy atom. The summed E-state index contributed by atoms with van der Waals surface area (Å²) in [6, 6.07) is 9.45. The molecule has 0 aliphatic heterocycles. The van der Waals surface area contributed by atoms with Gasteiger partial charge in [-0.1, -0.05) is 24.3 Å². The molecule has 1 aliphatic rings. The van der Waals surface area contributed by atoms with Crippen LogP contribution in [0.1, 0.15) is 57.7 Å². The highest BCUT2D eigenvalue weighted by Crippen LogP contribution is 2.25. The number of rotatable bonds is 4. The molecule has 1 aromatic carbocycles. The lowest BCUT2D eigenvalue weighted by molar-refractivity contribution is 0.0463. The highest BCUT2D eigenvalue weighted by atomic mass is 16.6. The molecule has 2 rings (SSSR count). The molecule has 122 valence electrons. The van der Waals surface area contributed by atoms with Gasteiger partial charge in [0.25, 0.3) is 0 Å². The van der Waals surface area contributed by atoms with Gasteiger partial charge in [-0.2, -0.15) is 0 Å². The van der Waals surface area contributed by atoms with Crippen LogP contribution in [-0.2, 0) is 4.74 Å². The maximum atomic E-state index is 11.7. The number of ether oxygens (including phenoxy) is 1. The zero-order valence-electron chi connectivity index (χ0n) is 14.3. The van der Waals surface area contributed by atoms with Crippen LogP contribution in [0.15, 0.2) is 24.3 Å². The van der Waals surface area contributed by atoms with E-state index in [1.807, 2.05) is 20.8 Å². The third kappa shape index (κ3) is 4.73. The van der Waals surface area contributed by atoms with E-state index < -0.39 is 5.60 Å². The lowest BCUT2D eigenvalue weighted by Crippen LogP contribution is -2.53. The molecule has 4 heteroatoms. The van der Waals surface area contributed by atoms with Crippen molar-refractivity contribution in [3.63, 3.8) is 0 Å². The molecule has 1 aliphatic carbocycles. The highest BCUT2D eigenvalue weighted by molar-refractivity contribution is 5.68. The number of carbonyl (C=O) groups excluding carboxylic acids is 1. The molecule has 4 nitrogen and oxygen atoms in total. The molecule has 0 heterocycles. The van der Waals surface area contributed by atoms with E-state index in [4.69, 9.17) is 4.74 Å². The van der Waals surface area contributed by atoms with Gasteiger partial charge in [-0.3, -0.25) is 0 Å². The van der Waals surface area contributed by atoms with Crippen molar-refractivity contribution in [1.29, 1.82) is 0 Å². The van der Waals surface area contributed by atoms with Crippen LogP contribution in [0.25, 0.3) is 0 Å². The molecule has 22 heavy (non-hydrogen) atoms. The summed E-state index contributed by atoms with van der Waals surface area (Å²) in [5, 5.41) is 6.56. The maximum absolute atomic E-state index is 11.7. The SMILES string of the molecule is Cc1ccccc1[C@@H](C)NC1CC(NC(=O)OC(C)(C)C)C1. The van der Waals surface area contributed by atoms with Crippen molar-refractivity contribution in [2.45, 2.75) is 71.2 Å². The van der Waals surface area contributed by atoms with Crippen molar-refractivity contribution in [3.05, 3.63) is 35.4 Å². The lowest BCUT2D eigenvalue weighted by Gasteiger charge is -2.38. The Bertz CT molecular complexity index is 516. The smallest absolute Gasteiger partial charge is 0.407 e. The first-order valence-corrected chi connectivity index (χ1v) is 8.05. The quantitative estimate of drug-likeness (QED) is 0.891. The van der Waals surface area contributed by atoms with Gasteiger partial charge in [-0.25, -0.2) is 4.79 Å². The summed E-state index contributed by atoms with van der Waals surface area (Å²) in [4.78, 5) is 11.7. The molecule has 1 saturated carbocycles. The number of aryl methyl sites for hydroxylation is 1. The number of nitrogens with one attached hydrogen (secondary N) is 2. The van der Waals surface area contributed by atoms with Gasteiger partial charge in [0.15, 0.2) is 0 Å². The van der Waals surface area contributed by atoms with Gasteiger partial charge >= 0.3 is 6.09 Å². The number of benzene rings is 1. The van der Waals surface area contributed by atoms with Gasteiger partial charge in [0.05, 0.1) is 0 Å². The van der Waals surface area contributed by atoms with Crippen LogP contribution < -0.4 is 10.6 Å². The second kappa shape index (κ2) is 6.69. The van der Waals surface area contributed by atoms with Crippen LogP contribution in [0.2, 0.25) is 0 Å². The third-order valence-electron chi connectivity index (χ3n) is 4.00. The Balaban J connectivity index is 1.73. The first-order valence-electron chi connectivity index (χ1n) is 8.05. The molecule has 1 fully saturated rings. The Hall–Kier alpha value is -1.55. The summed E-state index contributed by atoms with van der Waals surface area (Å²) < 4.78 is 5.28. The second-order valence-corrected chi connectivity index (χ2v) is 7.26. The minimum atomic E-state index is -0.440. The fraction of sp³-hybridized carbons (Fsp3) is 0.611. The first-order chi connectivity index (χ1) is 10.2. The van der Waals surface area contributed by atoms with E-state index in [2.05, 4.69) is 48.7 Å². The van der Waals surface area contributed by atoms with E-state index in [9.17, 15) is 4.79 Å². The molecule has 1 atom stereocenters. The monoisotopic (exact) mass is 304 g/mol. The molecule has 0 radical (unpaired) electrons. The van der Waals surface area contributed by atoms with Crippen molar-refractivity contribution in [2.24, 2.45) is 0 Å². The summed E-state index contributed by atoms with van der Waals surface area (Å²) in [5.41, 5.74) is 2.21. The minimum Gasteiger partial charge on any atom is -0.444 e. The van der Waals surface area contributed by atoms with Crippen molar-refractivity contribution in [2.75, 3.05) is 0 Å². The normalized spacial score (nSPS) is 22.6. The zero-order chi connectivity index (χ0) is 16.3. The average molecular weight is 304 g/mol. The Morgan fingerprint density at radius 2 is 1.86 bits per heavy atom. The molecule has 2 N–H and O–H groups in total. The number of alkyl carbamates (subject to hydrolysis) is 1. The lowest BCUT2D eigenvalue weighted by atomic mass is 9.85. The van der Waals surface area contributed by atoms with E-state index in [-0.39, 0.29) is 12.1 Å². The van der Waals surface area contributed by atoms with Crippen LogP contribution in [-0.4, -0.2) is 23.8 Å². The largest absolute Gasteiger partial charge is 0.444 e. The van der Waals surface area contributed by atoms with E-state index >= 15 is 0 Å². The minimum absolute atomic E-state index is 0.219. The topological polar surface area (TPSA) is 50.4 Å². The summed E-state index contributed by atoms with van der Waals surface area (Å²) in [7, 11) is 0.